The number of anilines is 1. The minimum absolute atomic E-state index is 0.203. The first-order chi connectivity index (χ1) is 10.1. The van der Waals surface area contributed by atoms with Crippen LogP contribution >= 0.6 is 11.6 Å². The van der Waals surface area contributed by atoms with E-state index in [0.29, 0.717) is 34.9 Å². The highest BCUT2D eigenvalue weighted by atomic mass is 35.5. The van der Waals surface area contributed by atoms with Crippen molar-refractivity contribution < 1.29 is 14.7 Å². The number of carboxylic acids is 1. The summed E-state index contributed by atoms with van der Waals surface area (Å²) in [5.41, 5.74) is 2.03. The predicted molar refractivity (Wildman–Crippen MR) is 79.2 cm³/mol. The Kier molecular flexibility index (Phi) is 3.43. The first-order valence-electron chi connectivity index (χ1n) is 6.59. The molecule has 0 spiro atoms. The van der Waals surface area contributed by atoms with E-state index in [0.717, 1.165) is 6.42 Å². The minimum atomic E-state index is -0.968. The van der Waals surface area contributed by atoms with Crippen LogP contribution in [-0.2, 0) is 6.42 Å². The smallest absolute Gasteiger partial charge is 0.336 e. The van der Waals surface area contributed by atoms with Gasteiger partial charge in [-0.25, -0.2) is 4.79 Å². The zero-order chi connectivity index (χ0) is 15.0. The Morgan fingerprint density at radius 2 is 2.14 bits per heavy atom. The summed E-state index contributed by atoms with van der Waals surface area (Å²) >= 11 is 5.83. The topological polar surface area (TPSA) is 73.4 Å². The molecule has 1 aliphatic heterocycles. The molecule has 0 bridgehead atoms. The fourth-order valence-electron chi connectivity index (χ4n) is 2.67. The fraction of sp³-hybridized carbons (Fsp3) is 0.200. The van der Waals surface area contributed by atoms with Gasteiger partial charge in [0, 0.05) is 18.4 Å². The van der Waals surface area contributed by atoms with E-state index in [2.05, 4.69) is 4.98 Å². The van der Waals surface area contributed by atoms with E-state index in [-0.39, 0.29) is 11.5 Å². The number of benzene rings is 1. The molecule has 2 heterocycles. The number of hydrogen-bond donors (Lipinski definition) is 2. The maximum Gasteiger partial charge on any atom is 0.336 e. The number of fused-ring (bicyclic) bond motifs is 1. The molecule has 1 aliphatic rings. The number of aromatic nitrogens is 1. The van der Waals surface area contributed by atoms with Crippen molar-refractivity contribution in [3.05, 3.63) is 52.3 Å². The lowest BCUT2D eigenvalue weighted by atomic mass is 9.96. The normalized spacial score (nSPS) is 13.9. The van der Waals surface area contributed by atoms with Crippen molar-refractivity contribution in [2.75, 3.05) is 11.4 Å². The van der Waals surface area contributed by atoms with Crippen LogP contribution in [-0.4, -0.2) is 28.5 Å². The van der Waals surface area contributed by atoms with Gasteiger partial charge in [0.1, 0.15) is 5.69 Å². The third kappa shape index (κ3) is 2.40. The SMILES string of the molecule is O=C(O)c1cccc2c1CCCN2C(=O)c1cc(Cl)c[nH]1. The minimum Gasteiger partial charge on any atom is -0.478 e. The summed E-state index contributed by atoms with van der Waals surface area (Å²) in [6.07, 6.45) is 2.94. The lowest BCUT2D eigenvalue weighted by Gasteiger charge is -2.30. The molecule has 6 heteroatoms. The Bertz CT molecular complexity index is 723. The van der Waals surface area contributed by atoms with Crippen LogP contribution in [0.15, 0.2) is 30.5 Å². The zero-order valence-electron chi connectivity index (χ0n) is 11.1. The third-order valence-corrected chi connectivity index (χ3v) is 3.82. The molecule has 1 amide bonds. The molecule has 1 aromatic heterocycles. The zero-order valence-corrected chi connectivity index (χ0v) is 11.9. The number of aromatic amines is 1. The molecule has 0 aliphatic carbocycles. The molecule has 0 radical (unpaired) electrons. The Morgan fingerprint density at radius 3 is 2.81 bits per heavy atom. The van der Waals surface area contributed by atoms with Gasteiger partial charge in [0.25, 0.3) is 5.91 Å². The van der Waals surface area contributed by atoms with Gasteiger partial charge in [-0.1, -0.05) is 17.7 Å². The summed E-state index contributed by atoms with van der Waals surface area (Å²) in [6, 6.07) is 6.58. The summed E-state index contributed by atoms with van der Waals surface area (Å²) in [6.45, 7) is 0.561. The number of halogens is 1. The molecule has 5 nitrogen and oxygen atoms in total. The molecular weight excluding hydrogens is 292 g/mol. The number of H-pyrrole nitrogens is 1. The van der Waals surface area contributed by atoms with Gasteiger partial charge in [0.05, 0.1) is 10.6 Å². The Balaban J connectivity index is 2.03. The Hall–Kier alpha value is -2.27. The first kappa shape index (κ1) is 13.7. The van der Waals surface area contributed by atoms with Gasteiger partial charge in [-0.2, -0.15) is 0 Å². The summed E-state index contributed by atoms with van der Waals surface area (Å²) in [5.74, 6) is -1.17. The van der Waals surface area contributed by atoms with Gasteiger partial charge in [-0.05, 0) is 36.6 Å². The number of carbonyl (C=O) groups is 2. The predicted octanol–water partition coefficient (Wildman–Crippen LogP) is 2.96. The maximum absolute atomic E-state index is 12.5. The summed E-state index contributed by atoms with van der Waals surface area (Å²) in [4.78, 5) is 28.3. The molecule has 0 saturated heterocycles. The average Bonchev–Trinajstić information content (AvgIpc) is 2.91. The van der Waals surface area contributed by atoms with Crippen molar-refractivity contribution >= 4 is 29.2 Å². The Labute approximate surface area is 126 Å². The molecule has 1 aromatic carbocycles. The highest BCUT2D eigenvalue weighted by Crippen LogP contribution is 2.31. The van der Waals surface area contributed by atoms with Gasteiger partial charge in [0.15, 0.2) is 0 Å². The first-order valence-corrected chi connectivity index (χ1v) is 6.96. The lowest BCUT2D eigenvalue weighted by molar-refractivity contribution is 0.0695. The summed E-state index contributed by atoms with van der Waals surface area (Å²) < 4.78 is 0. The average molecular weight is 305 g/mol. The van der Waals surface area contributed by atoms with Crippen LogP contribution in [0, 0.1) is 0 Å². The summed E-state index contributed by atoms with van der Waals surface area (Å²) in [5, 5.41) is 9.73. The fourth-order valence-corrected chi connectivity index (χ4v) is 2.84. The largest absolute Gasteiger partial charge is 0.478 e. The standard InChI is InChI=1S/C15H13ClN2O3/c16-9-7-12(17-8-9)14(19)18-6-2-4-10-11(15(20)21)3-1-5-13(10)18/h1,3,5,7-8,17H,2,4,6H2,(H,20,21). The second kappa shape index (κ2) is 5.26. The number of hydrogen-bond acceptors (Lipinski definition) is 2. The van der Waals surface area contributed by atoms with Gasteiger partial charge in [-0.15, -0.1) is 0 Å². The van der Waals surface area contributed by atoms with Crippen LogP contribution in [0.3, 0.4) is 0 Å². The molecule has 0 unspecified atom stereocenters. The number of nitrogens with one attached hydrogen (secondary N) is 1. The monoisotopic (exact) mass is 304 g/mol. The number of nitrogens with zero attached hydrogens (tertiary/aromatic N) is 1. The quantitative estimate of drug-likeness (QED) is 0.896. The molecular formula is C15H13ClN2O3. The second-order valence-electron chi connectivity index (χ2n) is 4.90. The van der Waals surface area contributed by atoms with Crippen LogP contribution in [0.1, 0.15) is 32.8 Å². The molecule has 2 N–H and O–H groups in total. The van der Waals surface area contributed by atoms with E-state index in [9.17, 15) is 14.7 Å². The van der Waals surface area contributed by atoms with E-state index in [1.807, 2.05) is 0 Å². The third-order valence-electron chi connectivity index (χ3n) is 3.60. The second-order valence-corrected chi connectivity index (χ2v) is 5.34. The van der Waals surface area contributed by atoms with Crippen LogP contribution in [0.5, 0.6) is 0 Å². The molecule has 0 fully saturated rings. The molecule has 108 valence electrons. The van der Waals surface area contributed by atoms with Gasteiger partial charge in [0.2, 0.25) is 0 Å². The Morgan fingerprint density at radius 1 is 1.33 bits per heavy atom. The highest BCUT2D eigenvalue weighted by Gasteiger charge is 2.27. The molecule has 21 heavy (non-hydrogen) atoms. The van der Waals surface area contributed by atoms with E-state index in [1.54, 1.807) is 35.4 Å². The highest BCUT2D eigenvalue weighted by molar-refractivity contribution is 6.31. The number of carbonyl (C=O) groups excluding carboxylic acids is 1. The lowest BCUT2D eigenvalue weighted by Crippen LogP contribution is -2.36. The molecule has 2 aromatic rings. The van der Waals surface area contributed by atoms with Crippen molar-refractivity contribution in [1.29, 1.82) is 0 Å². The number of carboxylic acid groups (broad SMARTS) is 1. The molecule has 0 saturated carbocycles. The molecule has 3 rings (SSSR count). The van der Waals surface area contributed by atoms with Crippen molar-refractivity contribution in [3.8, 4) is 0 Å². The van der Waals surface area contributed by atoms with E-state index in [1.165, 1.54) is 0 Å². The van der Waals surface area contributed by atoms with Gasteiger partial charge < -0.3 is 15.0 Å². The van der Waals surface area contributed by atoms with Crippen molar-refractivity contribution in [2.45, 2.75) is 12.8 Å². The van der Waals surface area contributed by atoms with Crippen molar-refractivity contribution in [1.82, 2.24) is 4.98 Å². The molecule has 0 atom stereocenters. The van der Waals surface area contributed by atoms with Crippen molar-refractivity contribution in [3.63, 3.8) is 0 Å². The number of amides is 1. The van der Waals surface area contributed by atoms with Crippen LogP contribution in [0.25, 0.3) is 0 Å². The van der Waals surface area contributed by atoms with E-state index < -0.39 is 5.97 Å². The van der Waals surface area contributed by atoms with Crippen molar-refractivity contribution in [2.24, 2.45) is 0 Å². The van der Waals surface area contributed by atoms with Gasteiger partial charge >= 0.3 is 5.97 Å². The van der Waals surface area contributed by atoms with Crippen LogP contribution in [0.2, 0.25) is 5.02 Å². The van der Waals surface area contributed by atoms with Gasteiger partial charge in [-0.3, -0.25) is 4.79 Å². The number of rotatable bonds is 2. The van der Waals surface area contributed by atoms with Crippen LogP contribution in [0.4, 0.5) is 5.69 Å². The van der Waals surface area contributed by atoms with E-state index >= 15 is 0 Å². The number of aromatic carboxylic acids is 1. The van der Waals surface area contributed by atoms with E-state index in [4.69, 9.17) is 11.6 Å². The van der Waals surface area contributed by atoms with Crippen LogP contribution < -0.4 is 4.90 Å². The maximum atomic E-state index is 12.5. The summed E-state index contributed by atoms with van der Waals surface area (Å²) in [7, 11) is 0.